The third-order valence-electron chi connectivity index (χ3n) is 4.55. The largest absolute Gasteiger partial charge is 0.494 e. The lowest BCUT2D eigenvalue weighted by molar-refractivity contribution is 0.217. The third-order valence-corrected chi connectivity index (χ3v) is 4.55. The second kappa shape index (κ2) is 8.22. The second-order valence-corrected chi connectivity index (χ2v) is 6.30. The van der Waals surface area contributed by atoms with Gasteiger partial charge >= 0.3 is 0 Å². The molecule has 5 nitrogen and oxygen atoms in total. The van der Waals surface area contributed by atoms with Crippen LogP contribution in [0.5, 0.6) is 5.75 Å². The van der Waals surface area contributed by atoms with Crippen molar-refractivity contribution in [3.8, 4) is 5.75 Å². The minimum absolute atomic E-state index is 0.549. The number of benzene rings is 1. The molecular formula is C19H26N4O. The van der Waals surface area contributed by atoms with Crippen LogP contribution in [0.3, 0.4) is 0 Å². The number of aromatic nitrogens is 2. The Morgan fingerprint density at radius 3 is 2.79 bits per heavy atom. The first kappa shape index (κ1) is 16.9. The summed E-state index contributed by atoms with van der Waals surface area (Å²) in [7, 11) is 2.17. The molecule has 1 fully saturated rings. The number of nitrogens with zero attached hydrogens (tertiary/aromatic N) is 4. The summed E-state index contributed by atoms with van der Waals surface area (Å²) in [6, 6.07) is 10.8. The summed E-state index contributed by atoms with van der Waals surface area (Å²) in [4.78, 5) is 13.5. The van der Waals surface area contributed by atoms with Crippen molar-refractivity contribution in [2.24, 2.45) is 0 Å². The van der Waals surface area contributed by atoms with Crippen LogP contribution in [0.4, 0.5) is 0 Å². The summed E-state index contributed by atoms with van der Waals surface area (Å²) >= 11 is 0. The topological polar surface area (TPSA) is 41.5 Å². The molecule has 2 aromatic rings. The zero-order valence-corrected chi connectivity index (χ0v) is 14.6. The van der Waals surface area contributed by atoms with Crippen molar-refractivity contribution in [2.75, 3.05) is 26.7 Å². The van der Waals surface area contributed by atoms with Crippen molar-refractivity contribution in [3.05, 3.63) is 54.1 Å². The fourth-order valence-electron chi connectivity index (χ4n) is 3.25. The van der Waals surface area contributed by atoms with Gasteiger partial charge in [0.25, 0.3) is 0 Å². The Bertz CT molecular complexity index is 634. The first-order valence-electron chi connectivity index (χ1n) is 8.65. The molecule has 0 unspecified atom stereocenters. The van der Waals surface area contributed by atoms with E-state index in [2.05, 4.69) is 45.0 Å². The lowest BCUT2D eigenvalue weighted by atomic mass is 10.2. The highest BCUT2D eigenvalue weighted by Gasteiger charge is 2.26. The number of likely N-dealkylation sites (tertiary alicyclic amines) is 1. The molecule has 2 heterocycles. The van der Waals surface area contributed by atoms with E-state index in [0.717, 1.165) is 37.8 Å². The van der Waals surface area contributed by atoms with E-state index in [1.807, 2.05) is 31.5 Å². The van der Waals surface area contributed by atoms with Crippen LogP contribution < -0.4 is 4.74 Å². The maximum atomic E-state index is 5.75. The number of hydrogen-bond acceptors (Lipinski definition) is 5. The fraction of sp³-hybridized carbons (Fsp3) is 0.474. The summed E-state index contributed by atoms with van der Waals surface area (Å²) in [5, 5.41) is 0. The molecule has 0 saturated carbocycles. The Hall–Kier alpha value is -1.98. The fourth-order valence-corrected chi connectivity index (χ4v) is 3.25. The Labute approximate surface area is 144 Å². The normalized spacial score (nSPS) is 18.2. The number of para-hydroxylation sites is 1. The van der Waals surface area contributed by atoms with Gasteiger partial charge in [0.1, 0.15) is 11.6 Å². The number of likely N-dealkylation sites (N-methyl/N-ethyl adjacent to an activating group) is 1. The maximum absolute atomic E-state index is 5.75. The molecule has 128 valence electrons. The lowest BCUT2D eigenvalue weighted by Crippen LogP contribution is -2.34. The molecule has 5 heteroatoms. The van der Waals surface area contributed by atoms with Crippen molar-refractivity contribution < 1.29 is 4.74 Å². The maximum Gasteiger partial charge on any atom is 0.142 e. The van der Waals surface area contributed by atoms with Crippen molar-refractivity contribution in [1.82, 2.24) is 19.8 Å². The highest BCUT2D eigenvalue weighted by Crippen LogP contribution is 2.23. The second-order valence-electron chi connectivity index (χ2n) is 6.30. The molecule has 1 aliphatic heterocycles. The van der Waals surface area contributed by atoms with Crippen LogP contribution in [0.25, 0.3) is 0 Å². The standard InChI is InChI=1S/C19H26N4O/c1-3-24-18-8-5-4-7-16(18)13-23-12-9-17(14-23)22(2)15-19-20-10-6-11-21-19/h4-8,10-11,17H,3,9,12-15H2,1-2H3/t17-/m0/s1. The first-order valence-corrected chi connectivity index (χ1v) is 8.65. The van der Waals surface area contributed by atoms with Gasteiger partial charge in [0.2, 0.25) is 0 Å². The predicted molar refractivity (Wildman–Crippen MR) is 94.8 cm³/mol. The Morgan fingerprint density at radius 1 is 1.21 bits per heavy atom. The molecule has 24 heavy (non-hydrogen) atoms. The van der Waals surface area contributed by atoms with Gasteiger partial charge in [-0.1, -0.05) is 18.2 Å². The molecule has 0 amide bonds. The SMILES string of the molecule is CCOc1ccccc1CN1CC[C@H](N(C)Cc2ncccn2)C1. The van der Waals surface area contributed by atoms with E-state index in [1.165, 1.54) is 12.0 Å². The summed E-state index contributed by atoms with van der Waals surface area (Å²) in [6.07, 6.45) is 4.80. The first-order chi connectivity index (χ1) is 11.8. The van der Waals surface area contributed by atoms with Crippen LogP contribution in [-0.4, -0.2) is 52.6 Å². The number of ether oxygens (including phenoxy) is 1. The minimum Gasteiger partial charge on any atom is -0.494 e. The van der Waals surface area contributed by atoms with Crippen molar-refractivity contribution in [1.29, 1.82) is 0 Å². The Balaban J connectivity index is 1.55. The van der Waals surface area contributed by atoms with E-state index < -0.39 is 0 Å². The summed E-state index contributed by atoms with van der Waals surface area (Å²) in [5.41, 5.74) is 1.27. The molecular weight excluding hydrogens is 300 g/mol. The molecule has 1 aromatic heterocycles. The van der Waals surface area contributed by atoms with Gasteiger partial charge in [0.15, 0.2) is 0 Å². The monoisotopic (exact) mass is 326 g/mol. The van der Waals surface area contributed by atoms with Gasteiger partial charge in [-0.2, -0.15) is 0 Å². The summed E-state index contributed by atoms with van der Waals surface area (Å²) in [6.45, 7) is 6.68. The van der Waals surface area contributed by atoms with Crippen LogP contribution >= 0.6 is 0 Å². The van der Waals surface area contributed by atoms with Crippen LogP contribution in [0.1, 0.15) is 24.7 Å². The average Bonchev–Trinajstić information content (AvgIpc) is 3.06. The third kappa shape index (κ3) is 4.30. The Morgan fingerprint density at radius 2 is 2.00 bits per heavy atom. The van der Waals surface area contributed by atoms with Gasteiger partial charge in [-0.25, -0.2) is 9.97 Å². The van der Waals surface area contributed by atoms with E-state index in [4.69, 9.17) is 4.74 Å². The lowest BCUT2D eigenvalue weighted by Gasteiger charge is -2.24. The van der Waals surface area contributed by atoms with E-state index in [-0.39, 0.29) is 0 Å². The molecule has 0 N–H and O–H groups in total. The summed E-state index contributed by atoms with van der Waals surface area (Å²) in [5.74, 6) is 1.90. The molecule has 0 radical (unpaired) electrons. The van der Waals surface area contributed by atoms with Crippen LogP contribution in [-0.2, 0) is 13.1 Å². The van der Waals surface area contributed by atoms with Crippen molar-refractivity contribution in [3.63, 3.8) is 0 Å². The molecule has 1 aromatic carbocycles. The molecule has 1 atom stereocenters. The molecule has 0 aliphatic carbocycles. The summed E-state index contributed by atoms with van der Waals surface area (Å²) < 4.78 is 5.75. The number of rotatable bonds is 7. The van der Waals surface area contributed by atoms with Gasteiger partial charge in [0, 0.05) is 43.6 Å². The highest BCUT2D eigenvalue weighted by molar-refractivity contribution is 5.33. The molecule has 3 rings (SSSR count). The highest BCUT2D eigenvalue weighted by atomic mass is 16.5. The van der Waals surface area contributed by atoms with Gasteiger partial charge < -0.3 is 4.74 Å². The van der Waals surface area contributed by atoms with Gasteiger partial charge in [-0.15, -0.1) is 0 Å². The van der Waals surface area contributed by atoms with Gasteiger partial charge in [-0.3, -0.25) is 9.80 Å². The van der Waals surface area contributed by atoms with Crippen molar-refractivity contribution in [2.45, 2.75) is 32.5 Å². The molecule has 1 aliphatic rings. The van der Waals surface area contributed by atoms with E-state index in [9.17, 15) is 0 Å². The quantitative estimate of drug-likeness (QED) is 0.782. The Kier molecular flexibility index (Phi) is 5.77. The zero-order chi connectivity index (χ0) is 16.8. The molecule has 0 spiro atoms. The van der Waals surface area contributed by atoms with E-state index >= 15 is 0 Å². The number of hydrogen-bond donors (Lipinski definition) is 0. The zero-order valence-electron chi connectivity index (χ0n) is 14.6. The van der Waals surface area contributed by atoms with E-state index in [0.29, 0.717) is 12.6 Å². The minimum atomic E-state index is 0.549. The smallest absolute Gasteiger partial charge is 0.142 e. The van der Waals surface area contributed by atoms with Crippen LogP contribution in [0, 0.1) is 0 Å². The van der Waals surface area contributed by atoms with Gasteiger partial charge in [-0.05, 0) is 32.5 Å². The molecule has 1 saturated heterocycles. The van der Waals surface area contributed by atoms with E-state index in [1.54, 1.807) is 0 Å². The van der Waals surface area contributed by atoms with Gasteiger partial charge in [0.05, 0.1) is 13.2 Å². The van der Waals surface area contributed by atoms with Crippen LogP contribution in [0.2, 0.25) is 0 Å². The van der Waals surface area contributed by atoms with Crippen molar-refractivity contribution >= 4 is 0 Å². The molecule has 0 bridgehead atoms. The average molecular weight is 326 g/mol. The van der Waals surface area contributed by atoms with Crippen LogP contribution in [0.15, 0.2) is 42.7 Å². The predicted octanol–water partition coefficient (Wildman–Crippen LogP) is 2.58.